The molecule has 20 nitrogen and oxygen atoms in total. The maximum atomic E-state index is 13.1. The molecule has 2 aliphatic heterocycles. The van der Waals surface area contributed by atoms with E-state index in [1.54, 1.807) is 0 Å². The minimum Gasteiger partial charge on any atom is -0.504 e. The predicted octanol–water partition coefficient (Wildman–Crippen LogP) is -7.34. The number of aliphatic hydroxyl groups is 11. The molecule has 38 heavy (non-hydrogen) atoms. The van der Waals surface area contributed by atoms with Gasteiger partial charge in [0.1, 0.15) is 5.52 Å². The molecular formula is C18H24N4O16. The van der Waals surface area contributed by atoms with E-state index in [4.69, 9.17) is 0 Å². The van der Waals surface area contributed by atoms with Crippen molar-refractivity contribution in [2.45, 2.75) is 53.8 Å². The molecular weight excluding hydrogens is 528 g/mol. The van der Waals surface area contributed by atoms with E-state index < -0.39 is 99.3 Å². The monoisotopic (exact) mass is 552 g/mol. The average Bonchev–Trinajstić information content (AvgIpc) is 3.20. The molecule has 0 spiro atoms. The van der Waals surface area contributed by atoms with E-state index in [9.17, 15) is 81.4 Å². The van der Waals surface area contributed by atoms with Gasteiger partial charge in [-0.2, -0.15) is 9.78 Å². The van der Waals surface area contributed by atoms with Gasteiger partial charge >= 0.3 is 6.10 Å². The molecule has 1 aromatic carbocycles. The summed E-state index contributed by atoms with van der Waals surface area (Å²) in [5.41, 5.74) is -8.81. The highest BCUT2D eigenvalue weighted by Gasteiger charge is 2.85. The Kier molecular flexibility index (Phi) is 5.51. The standard InChI is InChI=1S/C18H24N4O16/c1-21-13(28)2-4(3-14(21,29)16(32,33)17(34,35)15(13,30)31)19-12(27)6-5-7(22(20-6)18(36,37)38)9(24)11(26)10(25)8(5)23/h4,23-26,28-38H,2-3H2,1H3,(H,19,27). The number of fused-ring (bicyclic) bond motifs is 3. The number of nitrogens with zero attached hydrogens (tertiary/aromatic N) is 3. The van der Waals surface area contributed by atoms with Crippen molar-refractivity contribution in [1.82, 2.24) is 20.0 Å². The van der Waals surface area contributed by atoms with E-state index >= 15 is 0 Å². The van der Waals surface area contributed by atoms with Crippen LogP contribution in [0, 0.1) is 0 Å². The molecule has 2 bridgehead atoms. The SMILES string of the molecule is CN1C2(O)CC(NC(=O)c3nn(C(O)(O)O)c4c(O)c(O)c(O)c(O)c34)CC1(O)C(O)(O)C(O)(O)C2(O)O. The van der Waals surface area contributed by atoms with Crippen molar-refractivity contribution in [2.24, 2.45) is 0 Å². The summed E-state index contributed by atoms with van der Waals surface area (Å²) in [6.45, 7) is 0. The average molecular weight is 552 g/mol. The molecule has 0 radical (unpaired) electrons. The van der Waals surface area contributed by atoms with E-state index in [2.05, 4.69) is 5.10 Å². The van der Waals surface area contributed by atoms with Crippen LogP contribution in [0.15, 0.2) is 0 Å². The first-order chi connectivity index (χ1) is 17.0. The van der Waals surface area contributed by atoms with Gasteiger partial charge in [0.15, 0.2) is 28.6 Å². The molecule has 2 aromatic rings. The fourth-order valence-corrected chi connectivity index (χ4v) is 4.94. The Morgan fingerprint density at radius 2 is 1.26 bits per heavy atom. The van der Waals surface area contributed by atoms with Gasteiger partial charge in [-0.3, -0.25) is 4.79 Å². The zero-order valence-electron chi connectivity index (χ0n) is 18.9. The molecule has 2 aliphatic rings. The normalized spacial score (nSPS) is 30.4. The lowest BCUT2D eigenvalue weighted by molar-refractivity contribution is -0.575. The maximum Gasteiger partial charge on any atom is 0.389 e. The number of hydrogen-bond donors (Lipinski definition) is 16. The molecule has 212 valence electrons. The Morgan fingerprint density at radius 1 is 0.816 bits per heavy atom. The lowest BCUT2D eigenvalue weighted by Gasteiger charge is -2.67. The van der Waals surface area contributed by atoms with Crippen LogP contribution in [0.25, 0.3) is 10.9 Å². The van der Waals surface area contributed by atoms with Gasteiger partial charge in [0.25, 0.3) is 23.3 Å². The highest BCUT2D eigenvalue weighted by Crippen LogP contribution is 2.56. The van der Waals surface area contributed by atoms with Crippen LogP contribution in [0.1, 0.15) is 23.3 Å². The van der Waals surface area contributed by atoms with E-state index in [0.717, 1.165) is 7.05 Å². The van der Waals surface area contributed by atoms with Gasteiger partial charge in [0, 0.05) is 18.9 Å². The number of aromatic hydroxyl groups is 4. The number of benzene rings is 1. The van der Waals surface area contributed by atoms with E-state index in [1.807, 2.05) is 5.32 Å². The van der Waals surface area contributed by atoms with Gasteiger partial charge in [0.2, 0.25) is 11.5 Å². The van der Waals surface area contributed by atoms with E-state index in [1.165, 1.54) is 0 Å². The molecule has 3 heterocycles. The van der Waals surface area contributed by atoms with Crippen molar-refractivity contribution >= 4 is 16.8 Å². The molecule has 2 atom stereocenters. The zero-order valence-corrected chi connectivity index (χ0v) is 18.9. The number of piperidine rings is 2. The highest BCUT2D eigenvalue weighted by molar-refractivity contribution is 6.10. The third kappa shape index (κ3) is 3.04. The summed E-state index contributed by atoms with van der Waals surface area (Å²) in [6, 6.07) is -1.73. The van der Waals surface area contributed by atoms with Crippen LogP contribution < -0.4 is 5.32 Å². The molecule has 2 unspecified atom stereocenters. The fraction of sp³-hybridized carbons (Fsp3) is 0.556. The third-order valence-corrected chi connectivity index (χ3v) is 7.11. The molecule has 4 rings (SSSR count). The zero-order chi connectivity index (χ0) is 29.2. The first kappa shape index (κ1) is 27.9. The van der Waals surface area contributed by atoms with Crippen molar-refractivity contribution in [3.63, 3.8) is 0 Å². The molecule has 0 aliphatic carbocycles. The molecule has 2 fully saturated rings. The van der Waals surface area contributed by atoms with Crippen LogP contribution >= 0.6 is 0 Å². The minimum absolute atomic E-state index is 0.208. The summed E-state index contributed by atoms with van der Waals surface area (Å²) in [6.07, 6.45) is -6.12. The number of amides is 1. The number of rotatable bonds is 3. The van der Waals surface area contributed by atoms with Crippen molar-refractivity contribution in [3.8, 4) is 23.0 Å². The first-order valence-corrected chi connectivity index (χ1v) is 10.4. The van der Waals surface area contributed by atoms with E-state index in [-0.39, 0.29) is 9.58 Å². The second-order valence-electron chi connectivity index (χ2n) is 9.27. The minimum atomic E-state index is -4.37. The second kappa shape index (κ2) is 7.50. The summed E-state index contributed by atoms with van der Waals surface area (Å²) in [4.78, 5) is 13.3. The van der Waals surface area contributed by atoms with Crippen LogP contribution in [-0.4, -0.2) is 139 Å². The number of phenols is 4. The summed E-state index contributed by atoms with van der Waals surface area (Å²) in [7, 11) is 0.754. The van der Waals surface area contributed by atoms with Crippen LogP contribution in [0.5, 0.6) is 23.0 Å². The highest BCUT2D eigenvalue weighted by atomic mass is 16.7. The molecule has 1 aromatic heterocycles. The van der Waals surface area contributed by atoms with Crippen LogP contribution in [0.2, 0.25) is 0 Å². The van der Waals surface area contributed by atoms with Crippen molar-refractivity contribution in [2.75, 3.05) is 7.05 Å². The fourth-order valence-electron chi connectivity index (χ4n) is 4.94. The number of phenolic OH excluding ortho intramolecular Hbond substituents is 4. The Hall–Kier alpha value is -3.12. The van der Waals surface area contributed by atoms with Gasteiger partial charge in [-0.05, 0) is 7.05 Å². The number of aromatic nitrogens is 2. The smallest absolute Gasteiger partial charge is 0.389 e. The second-order valence-corrected chi connectivity index (χ2v) is 9.27. The molecule has 1 amide bonds. The van der Waals surface area contributed by atoms with Crippen molar-refractivity contribution in [3.05, 3.63) is 5.69 Å². The van der Waals surface area contributed by atoms with Gasteiger partial charge in [-0.15, -0.1) is 0 Å². The number of carbonyl (C=O) groups is 1. The topological polar surface area (TPSA) is 354 Å². The van der Waals surface area contributed by atoms with Crippen LogP contribution in [0.4, 0.5) is 0 Å². The van der Waals surface area contributed by atoms with E-state index in [0.29, 0.717) is 0 Å². The summed E-state index contributed by atoms with van der Waals surface area (Å²) >= 11 is 0. The Bertz CT molecular complexity index is 1310. The number of likely N-dealkylation sites (N-methyl/N-ethyl adjacent to an activating group) is 1. The Morgan fingerprint density at radius 3 is 1.71 bits per heavy atom. The molecule has 0 saturated carbocycles. The summed E-state index contributed by atoms with van der Waals surface area (Å²) < 4.78 is -0.263. The van der Waals surface area contributed by atoms with Gasteiger partial charge in [0.05, 0.1) is 5.39 Å². The third-order valence-electron chi connectivity index (χ3n) is 7.11. The first-order valence-electron chi connectivity index (χ1n) is 10.4. The van der Waals surface area contributed by atoms with Gasteiger partial charge in [-0.25, -0.2) is 4.90 Å². The predicted molar refractivity (Wildman–Crippen MR) is 111 cm³/mol. The Balaban J connectivity index is 1.83. The van der Waals surface area contributed by atoms with Crippen molar-refractivity contribution in [1.29, 1.82) is 0 Å². The number of nitrogens with one attached hydrogen (secondary N) is 1. The van der Waals surface area contributed by atoms with Crippen LogP contribution in [-0.2, 0) is 6.10 Å². The maximum absolute atomic E-state index is 13.1. The lowest BCUT2D eigenvalue weighted by Crippen LogP contribution is -2.94. The summed E-state index contributed by atoms with van der Waals surface area (Å²) in [5.74, 6) is -19.8. The largest absolute Gasteiger partial charge is 0.504 e. The quantitative estimate of drug-likeness (QED) is 0.0954. The van der Waals surface area contributed by atoms with Crippen molar-refractivity contribution < 1.29 is 81.4 Å². The number of hydrogen-bond acceptors (Lipinski definition) is 18. The van der Waals surface area contributed by atoms with Gasteiger partial charge < -0.3 is 81.9 Å². The lowest BCUT2D eigenvalue weighted by atomic mass is 9.67. The Labute approximate surface area is 208 Å². The summed E-state index contributed by atoms with van der Waals surface area (Å²) in [5, 5.41) is 156. The van der Waals surface area contributed by atoms with Crippen LogP contribution in [0.3, 0.4) is 0 Å². The molecule has 16 N–H and O–H groups in total. The molecule has 2 saturated heterocycles. The van der Waals surface area contributed by atoms with Gasteiger partial charge in [-0.1, -0.05) is 0 Å². The number of carbonyl (C=O) groups excluding carboxylic acids is 1. The molecule has 20 heteroatoms.